The molecule has 0 aromatic heterocycles. The summed E-state index contributed by atoms with van der Waals surface area (Å²) in [6, 6.07) is 3.28. The molecule has 1 aromatic rings. The Bertz CT molecular complexity index is 592. The van der Waals surface area contributed by atoms with Gasteiger partial charge in [-0.05, 0) is 31.9 Å². The summed E-state index contributed by atoms with van der Waals surface area (Å²) in [5, 5.41) is 2.92. The van der Waals surface area contributed by atoms with E-state index in [0.717, 1.165) is 38.5 Å². The summed E-state index contributed by atoms with van der Waals surface area (Å²) in [7, 11) is 4.56. The number of carbonyl (C=O) groups is 2. The summed E-state index contributed by atoms with van der Waals surface area (Å²) in [5.41, 5.74) is 0.466. The first kappa shape index (κ1) is 23.6. The van der Waals surface area contributed by atoms with Gasteiger partial charge in [0.05, 0.1) is 27.9 Å². The van der Waals surface area contributed by atoms with Crippen molar-refractivity contribution in [3.8, 4) is 17.2 Å². The van der Waals surface area contributed by atoms with Gasteiger partial charge in [-0.1, -0.05) is 25.7 Å². The van der Waals surface area contributed by atoms with Crippen LogP contribution in [-0.4, -0.2) is 46.4 Å². The van der Waals surface area contributed by atoms with E-state index >= 15 is 0 Å². The topological polar surface area (TPSA) is 83.1 Å². The molecule has 0 aliphatic rings. The molecule has 0 unspecified atom stereocenters. The maximum atomic E-state index is 12.4. The molecule has 0 heterocycles. The molecule has 7 nitrogen and oxygen atoms in total. The Hall–Kier alpha value is -2.44. The van der Waals surface area contributed by atoms with Crippen LogP contribution in [0.5, 0.6) is 17.2 Å². The first-order chi connectivity index (χ1) is 13.6. The molecule has 0 spiro atoms. The van der Waals surface area contributed by atoms with E-state index in [-0.39, 0.29) is 11.9 Å². The molecule has 28 heavy (non-hydrogen) atoms. The summed E-state index contributed by atoms with van der Waals surface area (Å²) < 4.78 is 20.7. The lowest BCUT2D eigenvalue weighted by Gasteiger charge is -2.14. The molecule has 0 atom stereocenters. The van der Waals surface area contributed by atoms with Crippen molar-refractivity contribution in [2.24, 2.45) is 0 Å². The normalized spacial score (nSPS) is 10.3. The Labute approximate surface area is 167 Å². The first-order valence-corrected chi connectivity index (χ1v) is 9.81. The van der Waals surface area contributed by atoms with E-state index in [2.05, 4.69) is 5.32 Å². The molecule has 0 radical (unpaired) electrons. The average Bonchev–Trinajstić information content (AvgIpc) is 2.71. The highest BCUT2D eigenvalue weighted by Gasteiger charge is 2.16. The fraction of sp³-hybridized carbons (Fsp3) is 0.619. The van der Waals surface area contributed by atoms with E-state index in [1.807, 2.05) is 6.92 Å². The lowest BCUT2D eigenvalue weighted by Crippen LogP contribution is -2.24. The highest BCUT2D eigenvalue weighted by atomic mass is 16.5. The van der Waals surface area contributed by atoms with Gasteiger partial charge in [-0.15, -0.1) is 0 Å². The van der Waals surface area contributed by atoms with Crippen LogP contribution in [0, 0.1) is 0 Å². The van der Waals surface area contributed by atoms with Crippen molar-refractivity contribution in [2.75, 3.05) is 34.5 Å². The van der Waals surface area contributed by atoms with Gasteiger partial charge in [0.15, 0.2) is 11.5 Å². The van der Waals surface area contributed by atoms with Crippen molar-refractivity contribution in [3.05, 3.63) is 17.7 Å². The van der Waals surface area contributed by atoms with Gasteiger partial charge in [0.25, 0.3) is 5.91 Å². The molecule has 0 saturated heterocycles. The van der Waals surface area contributed by atoms with Gasteiger partial charge in [0, 0.05) is 18.5 Å². The van der Waals surface area contributed by atoms with Crippen molar-refractivity contribution in [1.82, 2.24) is 5.32 Å². The maximum absolute atomic E-state index is 12.4. The van der Waals surface area contributed by atoms with Crippen LogP contribution in [0.3, 0.4) is 0 Å². The lowest BCUT2D eigenvalue weighted by atomic mass is 10.1. The third-order valence-electron chi connectivity index (χ3n) is 4.33. The number of amides is 1. The molecule has 0 aliphatic carbocycles. The number of hydrogen-bond acceptors (Lipinski definition) is 6. The van der Waals surface area contributed by atoms with E-state index in [9.17, 15) is 9.59 Å². The van der Waals surface area contributed by atoms with Crippen molar-refractivity contribution < 1.29 is 28.5 Å². The summed E-state index contributed by atoms with van der Waals surface area (Å²) in [6.07, 6.45) is 6.51. The number of esters is 1. The van der Waals surface area contributed by atoms with Crippen LogP contribution < -0.4 is 19.5 Å². The number of hydrogen-bond donors (Lipinski definition) is 1. The van der Waals surface area contributed by atoms with E-state index < -0.39 is 0 Å². The smallest absolute Gasteiger partial charge is 0.305 e. The third-order valence-corrected chi connectivity index (χ3v) is 4.33. The van der Waals surface area contributed by atoms with Gasteiger partial charge in [-0.25, -0.2) is 0 Å². The van der Waals surface area contributed by atoms with Gasteiger partial charge in [0.1, 0.15) is 0 Å². The standard InChI is InChI=1S/C21H33NO6/c1-5-28-19(23)12-10-8-6-7-9-11-13-22-21(24)16-14-17(25-2)20(27-4)18(15-16)26-3/h14-15H,5-13H2,1-4H3,(H,22,24). The Morgan fingerprint density at radius 1 is 0.857 bits per heavy atom. The lowest BCUT2D eigenvalue weighted by molar-refractivity contribution is -0.143. The SMILES string of the molecule is CCOC(=O)CCCCCCCCNC(=O)c1cc(OC)c(OC)c(OC)c1. The fourth-order valence-electron chi connectivity index (χ4n) is 2.85. The summed E-state index contributed by atoms with van der Waals surface area (Å²) in [4.78, 5) is 23.6. The van der Waals surface area contributed by atoms with Crippen LogP contribution in [0.15, 0.2) is 12.1 Å². The van der Waals surface area contributed by atoms with E-state index in [1.54, 1.807) is 12.1 Å². The highest BCUT2D eigenvalue weighted by molar-refractivity contribution is 5.95. The number of ether oxygens (including phenoxy) is 4. The average molecular weight is 395 g/mol. The zero-order valence-corrected chi connectivity index (χ0v) is 17.5. The van der Waals surface area contributed by atoms with Crippen molar-refractivity contribution in [1.29, 1.82) is 0 Å². The number of unbranched alkanes of at least 4 members (excludes halogenated alkanes) is 5. The number of rotatable bonds is 14. The second-order valence-corrected chi connectivity index (χ2v) is 6.35. The molecule has 1 amide bonds. The van der Waals surface area contributed by atoms with E-state index in [0.29, 0.717) is 42.4 Å². The number of methoxy groups -OCH3 is 3. The van der Waals surface area contributed by atoms with Gasteiger partial charge in [0.2, 0.25) is 5.75 Å². The van der Waals surface area contributed by atoms with Crippen LogP contribution in [-0.2, 0) is 9.53 Å². The Kier molecular flexibility index (Phi) is 11.5. The molecule has 1 rings (SSSR count). The molecule has 0 aliphatic heterocycles. The minimum Gasteiger partial charge on any atom is -0.493 e. The minimum absolute atomic E-state index is 0.114. The summed E-state index contributed by atoms with van der Waals surface area (Å²) in [6.45, 7) is 2.87. The maximum Gasteiger partial charge on any atom is 0.305 e. The zero-order chi connectivity index (χ0) is 20.8. The second-order valence-electron chi connectivity index (χ2n) is 6.35. The molecule has 0 saturated carbocycles. The number of nitrogens with one attached hydrogen (secondary N) is 1. The van der Waals surface area contributed by atoms with Crippen LogP contribution in [0.25, 0.3) is 0 Å². The van der Waals surface area contributed by atoms with Crippen molar-refractivity contribution >= 4 is 11.9 Å². The second kappa shape index (κ2) is 13.7. The van der Waals surface area contributed by atoms with Gasteiger partial charge < -0.3 is 24.3 Å². The third kappa shape index (κ3) is 8.06. The Morgan fingerprint density at radius 3 is 1.96 bits per heavy atom. The Balaban J connectivity index is 2.27. The Morgan fingerprint density at radius 2 is 1.43 bits per heavy atom. The molecule has 1 N–H and O–H groups in total. The monoisotopic (exact) mass is 395 g/mol. The van der Waals surface area contributed by atoms with Gasteiger partial charge >= 0.3 is 5.97 Å². The molecule has 7 heteroatoms. The zero-order valence-electron chi connectivity index (χ0n) is 17.5. The predicted octanol–water partition coefficient (Wildman–Crippen LogP) is 3.74. The van der Waals surface area contributed by atoms with Crippen molar-refractivity contribution in [3.63, 3.8) is 0 Å². The minimum atomic E-state index is -0.173. The number of carbonyl (C=O) groups excluding carboxylic acids is 2. The van der Waals surface area contributed by atoms with Crippen LogP contribution in [0.1, 0.15) is 62.2 Å². The van der Waals surface area contributed by atoms with Gasteiger partial charge in [-0.2, -0.15) is 0 Å². The summed E-state index contributed by atoms with van der Waals surface area (Å²) >= 11 is 0. The number of benzene rings is 1. The quantitative estimate of drug-likeness (QED) is 0.382. The largest absolute Gasteiger partial charge is 0.493 e. The van der Waals surface area contributed by atoms with Crippen LogP contribution >= 0.6 is 0 Å². The fourth-order valence-corrected chi connectivity index (χ4v) is 2.85. The van der Waals surface area contributed by atoms with E-state index in [1.165, 1.54) is 21.3 Å². The molecule has 1 aromatic carbocycles. The molecular formula is C21H33NO6. The molecular weight excluding hydrogens is 362 g/mol. The predicted molar refractivity (Wildman–Crippen MR) is 107 cm³/mol. The molecule has 158 valence electrons. The van der Waals surface area contributed by atoms with Crippen LogP contribution in [0.4, 0.5) is 0 Å². The molecule has 0 fully saturated rings. The molecule has 0 bridgehead atoms. The first-order valence-electron chi connectivity index (χ1n) is 9.81. The highest BCUT2D eigenvalue weighted by Crippen LogP contribution is 2.38. The van der Waals surface area contributed by atoms with Gasteiger partial charge in [-0.3, -0.25) is 9.59 Å². The summed E-state index contributed by atoms with van der Waals surface area (Å²) in [5.74, 6) is 1.08. The van der Waals surface area contributed by atoms with Crippen molar-refractivity contribution in [2.45, 2.75) is 51.9 Å². The van der Waals surface area contributed by atoms with Crippen LogP contribution in [0.2, 0.25) is 0 Å². The van der Waals surface area contributed by atoms with E-state index in [4.69, 9.17) is 18.9 Å².